The number of halogens is 1. The molecular formula is C11H14ClNO5S. The molecule has 6 nitrogen and oxygen atoms in total. The van der Waals surface area contributed by atoms with E-state index >= 15 is 0 Å². The first-order valence-corrected chi connectivity index (χ1v) is 7.22. The van der Waals surface area contributed by atoms with Gasteiger partial charge in [-0.2, -0.15) is 4.72 Å². The van der Waals surface area contributed by atoms with Gasteiger partial charge in [-0.25, -0.2) is 8.42 Å². The summed E-state index contributed by atoms with van der Waals surface area (Å²) in [5.41, 5.74) is 0. The highest BCUT2D eigenvalue weighted by Crippen LogP contribution is 2.14. The average Bonchev–Trinajstić information content (AvgIpc) is 2.34. The summed E-state index contributed by atoms with van der Waals surface area (Å²) in [5, 5.41) is 9.35. The lowest BCUT2D eigenvalue weighted by Gasteiger charge is -2.14. The Morgan fingerprint density at radius 1 is 1.42 bits per heavy atom. The Bertz CT molecular complexity index is 529. The zero-order valence-corrected chi connectivity index (χ0v) is 11.7. The number of carboxylic acid groups (broad SMARTS) is 1. The highest BCUT2D eigenvalue weighted by atomic mass is 35.5. The second-order valence-electron chi connectivity index (χ2n) is 3.75. The summed E-state index contributed by atoms with van der Waals surface area (Å²) in [4.78, 5) is 10.9. The minimum absolute atomic E-state index is 0.0403. The van der Waals surface area contributed by atoms with Gasteiger partial charge in [0.05, 0.1) is 4.90 Å². The van der Waals surface area contributed by atoms with Crippen molar-refractivity contribution in [3.8, 4) is 0 Å². The van der Waals surface area contributed by atoms with E-state index in [0.717, 1.165) is 0 Å². The normalized spacial score (nSPS) is 13.2. The van der Waals surface area contributed by atoms with Gasteiger partial charge in [0.15, 0.2) is 0 Å². The first kappa shape index (κ1) is 15.9. The Balaban J connectivity index is 2.87. The smallest absolute Gasteiger partial charge is 0.321 e. The van der Waals surface area contributed by atoms with Crippen molar-refractivity contribution in [2.45, 2.75) is 17.4 Å². The molecule has 0 aliphatic carbocycles. The number of sulfonamides is 1. The second-order valence-corrected chi connectivity index (χ2v) is 5.90. The third-order valence-corrected chi connectivity index (χ3v) is 4.07. The number of hydrogen-bond donors (Lipinski definition) is 2. The maximum atomic E-state index is 12.0. The molecule has 0 aromatic heterocycles. The number of aliphatic carboxylic acids is 1. The van der Waals surface area contributed by atoms with Gasteiger partial charge in [-0.05, 0) is 30.7 Å². The molecule has 1 aromatic rings. The van der Waals surface area contributed by atoms with Crippen LogP contribution in [-0.4, -0.2) is 39.3 Å². The molecule has 2 N–H and O–H groups in total. The van der Waals surface area contributed by atoms with Gasteiger partial charge in [0, 0.05) is 18.7 Å². The van der Waals surface area contributed by atoms with Crippen LogP contribution in [0.2, 0.25) is 5.02 Å². The van der Waals surface area contributed by atoms with E-state index in [4.69, 9.17) is 21.4 Å². The lowest BCUT2D eigenvalue weighted by atomic mass is 10.2. The maximum Gasteiger partial charge on any atom is 0.321 e. The summed E-state index contributed by atoms with van der Waals surface area (Å²) in [6.07, 6.45) is 0.0403. The number of carbonyl (C=O) groups is 1. The summed E-state index contributed by atoms with van der Waals surface area (Å²) in [6, 6.07) is 4.21. The van der Waals surface area contributed by atoms with Crippen LogP contribution in [0.3, 0.4) is 0 Å². The Morgan fingerprint density at radius 2 is 2.00 bits per heavy atom. The second kappa shape index (κ2) is 6.85. The van der Waals surface area contributed by atoms with E-state index in [2.05, 4.69) is 4.72 Å². The highest BCUT2D eigenvalue weighted by Gasteiger charge is 2.24. The molecule has 1 aromatic carbocycles. The van der Waals surface area contributed by atoms with Crippen LogP contribution in [-0.2, 0) is 19.6 Å². The Morgan fingerprint density at radius 3 is 2.47 bits per heavy atom. The van der Waals surface area contributed by atoms with Crippen molar-refractivity contribution >= 4 is 27.6 Å². The number of ether oxygens (including phenoxy) is 1. The van der Waals surface area contributed by atoms with Crippen molar-refractivity contribution in [2.75, 3.05) is 13.7 Å². The number of hydrogen-bond acceptors (Lipinski definition) is 4. The molecule has 19 heavy (non-hydrogen) atoms. The van der Waals surface area contributed by atoms with Gasteiger partial charge in [0.2, 0.25) is 10.0 Å². The van der Waals surface area contributed by atoms with Crippen LogP contribution < -0.4 is 4.72 Å². The maximum absolute atomic E-state index is 12.0. The zero-order valence-electron chi connectivity index (χ0n) is 10.2. The number of rotatable bonds is 7. The predicted octanol–water partition coefficient (Wildman–Crippen LogP) is 1.11. The molecule has 1 atom stereocenters. The van der Waals surface area contributed by atoms with E-state index in [9.17, 15) is 13.2 Å². The summed E-state index contributed by atoms with van der Waals surface area (Å²) < 4.78 is 30.8. The Kier molecular flexibility index (Phi) is 5.74. The fraction of sp³-hybridized carbons (Fsp3) is 0.364. The summed E-state index contributed by atoms with van der Waals surface area (Å²) in [7, 11) is -2.49. The van der Waals surface area contributed by atoms with Gasteiger partial charge in [-0.3, -0.25) is 4.79 Å². The topological polar surface area (TPSA) is 92.7 Å². The molecule has 0 fully saturated rings. The minimum Gasteiger partial charge on any atom is -0.480 e. The van der Waals surface area contributed by atoms with Crippen molar-refractivity contribution in [2.24, 2.45) is 0 Å². The largest absolute Gasteiger partial charge is 0.480 e. The fourth-order valence-corrected chi connectivity index (χ4v) is 2.69. The monoisotopic (exact) mass is 307 g/mol. The van der Waals surface area contributed by atoms with Gasteiger partial charge in [0.25, 0.3) is 0 Å². The SMILES string of the molecule is COCCC(NS(=O)(=O)c1ccc(Cl)cc1)C(=O)O. The molecular weight excluding hydrogens is 294 g/mol. The van der Waals surface area contributed by atoms with Crippen molar-refractivity contribution in [1.29, 1.82) is 0 Å². The standard InChI is InChI=1S/C11H14ClNO5S/c1-18-7-6-10(11(14)15)13-19(16,17)9-4-2-8(12)3-5-9/h2-5,10,13H,6-7H2,1H3,(H,14,15). The molecule has 0 spiro atoms. The van der Waals surface area contributed by atoms with E-state index in [1.807, 2.05) is 0 Å². The molecule has 8 heteroatoms. The third kappa shape index (κ3) is 4.79. The van der Waals surface area contributed by atoms with Crippen LogP contribution in [0.4, 0.5) is 0 Å². The molecule has 1 unspecified atom stereocenters. The van der Waals surface area contributed by atoms with Crippen molar-refractivity contribution in [3.05, 3.63) is 29.3 Å². The van der Waals surface area contributed by atoms with Crippen LogP contribution in [0, 0.1) is 0 Å². The molecule has 0 aliphatic heterocycles. The summed E-state index contributed by atoms with van der Waals surface area (Å²) >= 11 is 5.66. The van der Waals surface area contributed by atoms with Gasteiger partial charge in [-0.15, -0.1) is 0 Å². The lowest BCUT2D eigenvalue weighted by Crippen LogP contribution is -2.41. The molecule has 0 radical (unpaired) electrons. The van der Waals surface area contributed by atoms with Crippen molar-refractivity contribution in [3.63, 3.8) is 0 Å². The van der Waals surface area contributed by atoms with Crippen LogP contribution in [0.1, 0.15) is 6.42 Å². The van der Waals surface area contributed by atoms with E-state index in [1.54, 1.807) is 0 Å². The highest BCUT2D eigenvalue weighted by molar-refractivity contribution is 7.89. The number of methoxy groups -OCH3 is 1. The first-order valence-electron chi connectivity index (χ1n) is 5.36. The van der Waals surface area contributed by atoms with Crippen LogP contribution in [0.15, 0.2) is 29.2 Å². The van der Waals surface area contributed by atoms with E-state index in [1.165, 1.54) is 31.4 Å². The van der Waals surface area contributed by atoms with E-state index < -0.39 is 22.0 Å². The van der Waals surface area contributed by atoms with Gasteiger partial charge in [0.1, 0.15) is 6.04 Å². The molecule has 106 valence electrons. The lowest BCUT2D eigenvalue weighted by molar-refractivity contribution is -0.139. The molecule has 0 heterocycles. The molecule has 1 rings (SSSR count). The molecule has 0 amide bonds. The summed E-state index contributed by atoms with van der Waals surface area (Å²) in [6.45, 7) is 0.139. The Hall–Kier alpha value is -1.15. The summed E-state index contributed by atoms with van der Waals surface area (Å²) in [5.74, 6) is -1.26. The Labute approximate surface area is 116 Å². The van der Waals surface area contributed by atoms with E-state index in [0.29, 0.717) is 5.02 Å². The quantitative estimate of drug-likeness (QED) is 0.787. The van der Waals surface area contributed by atoms with Crippen LogP contribution in [0.25, 0.3) is 0 Å². The molecule has 0 saturated carbocycles. The number of carboxylic acids is 1. The average molecular weight is 308 g/mol. The van der Waals surface area contributed by atoms with Gasteiger partial charge < -0.3 is 9.84 Å². The van der Waals surface area contributed by atoms with Crippen LogP contribution >= 0.6 is 11.6 Å². The number of nitrogens with one attached hydrogen (secondary N) is 1. The number of benzene rings is 1. The van der Waals surface area contributed by atoms with Crippen molar-refractivity contribution in [1.82, 2.24) is 4.72 Å². The predicted molar refractivity (Wildman–Crippen MR) is 69.7 cm³/mol. The van der Waals surface area contributed by atoms with Gasteiger partial charge >= 0.3 is 5.97 Å². The molecule has 0 bridgehead atoms. The zero-order chi connectivity index (χ0) is 14.5. The fourth-order valence-electron chi connectivity index (χ4n) is 1.34. The molecule has 0 saturated heterocycles. The van der Waals surface area contributed by atoms with Gasteiger partial charge in [-0.1, -0.05) is 11.6 Å². The third-order valence-electron chi connectivity index (χ3n) is 2.33. The first-order chi connectivity index (χ1) is 8.86. The molecule has 0 aliphatic rings. The minimum atomic E-state index is -3.90. The van der Waals surface area contributed by atoms with E-state index in [-0.39, 0.29) is 17.9 Å². The van der Waals surface area contributed by atoms with Crippen molar-refractivity contribution < 1.29 is 23.1 Å². The van der Waals surface area contributed by atoms with Crippen LogP contribution in [0.5, 0.6) is 0 Å².